The molecule has 1 aliphatic heterocycles. The van der Waals surface area contributed by atoms with Gasteiger partial charge in [0.15, 0.2) is 0 Å². The quantitative estimate of drug-likeness (QED) is 0.698. The van der Waals surface area contributed by atoms with Gasteiger partial charge in [-0.2, -0.15) is 0 Å². The first-order valence-corrected chi connectivity index (χ1v) is 8.11. The van der Waals surface area contributed by atoms with Gasteiger partial charge >= 0.3 is 5.97 Å². The van der Waals surface area contributed by atoms with Crippen molar-refractivity contribution in [3.8, 4) is 0 Å². The van der Waals surface area contributed by atoms with E-state index in [1.165, 1.54) is 6.42 Å². The average Bonchev–Trinajstić information content (AvgIpc) is 2.29. The van der Waals surface area contributed by atoms with Gasteiger partial charge in [0.25, 0.3) is 0 Å². The standard InChI is InChI=1S/C12H20O3S2/c1-3-15-11(14)8-10(7-9(2)13)12-16-5-4-6-17-12/h10,12H,3-8H2,1-2H3. The molecule has 1 saturated heterocycles. The predicted octanol–water partition coefficient (Wildman–Crippen LogP) is 2.73. The monoisotopic (exact) mass is 276 g/mol. The first-order chi connectivity index (χ1) is 8.13. The van der Waals surface area contributed by atoms with Crippen LogP contribution in [-0.4, -0.2) is 34.4 Å². The van der Waals surface area contributed by atoms with Gasteiger partial charge in [-0.3, -0.25) is 4.79 Å². The number of carbonyl (C=O) groups excluding carboxylic acids is 2. The summed E-state index contributed by atoms with van der Waals surface area (Å²) in [5.41, 5.74) is 0. The second kappa shape index (κ2) is 8.03. The Morgan fingerprint density at radius 1 is 1.29 bits per heavy atom. The fourth-order valence-electron chi connectivity index (χ4n) is 1.85. The van der Waals surface area contributed by atoms with Crippen molar-refractivity contribution in [2.45, 2.75) is 37.7 Å². The van der Waals surface area contributed by atoms with Gasteiger partial charge < -0.3 is 9.53 Å². The SMILES string of the molecule is CCOC(=O)CC(CC(C)=O)C1SCCCS1. The molecule has 98 valence electrons. The van der Waals surface area contributed by atoms with Crippen LogP contribution in [0.4, 0.5) is 0 Å². The fourth-order valence-corrected chi connectivity index (χ4v) is 5.01. The molecule has 17 heavy (non-hydrogen) atoms. The third-order valence-corrected chi connectivity index (χ3v) is 5.81. The van der Waals surface area contributed by atoms with Crippen molar-refractivity contribution in [1.29, 1.82) is 0 Å². The zero-order chi connectivity index (χ0) is 12.7. The Balaban J connectivity index is 2.52. The van der Waals surface area contributed by atoms with Crippen LogP contribution in [-0.2, 0) is 14.3 Å². The van der Waals surface area contributed by atoms with Crippen LogP contribution in [0.3, 0.4) is 0 Å². The molecule has 0 aliphatic carbocycles. The summed E-state index contributed by atoms with van der Waals surface area (Å²) in [5.74, 6) is 2.38. The first kappa shape index (κ1) is 14.9. The van der Waals surface area contributed by atoms with E-state index in [1.807, 2.05) is 30.4 Å². The Morgan fingerprint density at radius 2 is 1.94 bits per heavy atom. The van der Waals surface area contributed by atoms with Gasteiger partial charge in [-0.05, 0) is 37.7 Å². The third-order valence-electron chi connectivity index (χ3n) is 2.52. The molecular formula is C12H20O3S2. The number of thioether (sulfide) groups is 2. The second-order valence-electron chi connectivity index (χ2n) is 4.14. The molecule has 0 aromatic rings. The molecule has 0 radical (unpaired) electrons. The lowest BCUT2D eigenvalue weighted by Crippen LogP contribution is -2.24. The number of ether oxygens (including phenoxy) is 1. The van der Waals surface area contributed by atoms with Crippen molar-refractivity contribution >= 4 is 35.3 Å². The fraction of sp³-hybridized carbons (Fsp3) is 0.833. The van der Waals surface area contributed by atoms with Crippen LogP contribution in [0.1, 0.15) is 33.1 Å². The molecule has 1 fully saturated rings. The van der Waals surface area contributed by atoms with Crippen LogP contribution in [0.2, 0.25) is 0 Å². The van der Waals surface area contributed by atoms with E-state index in [1.54, 1.807) is 6.92 Å². The Kier molecular flexibility index (Phi) is 7.04. The first-order valence-electron chi connectivity index (χ1n) is 6.01. The third kappa shape index (κ3) is 5.82. The van der Waals surface area contributed by atoms with Gasteiger partial charge in [-0.1, -0.05) is 0 Å². The van der Waals surface area contributed by atoms with Gasteiger partial charge in [0.1, 0.15) is 5.78 Å². The zero-order valence-corrected chi connectivity index (χ0v) is 12.1. The van der Waals surface area contributed by atoms with Gasteiger partial charge in [0, 0.05) is 6.42 Å². The van der Waals surface area contributed by atoms with E-state index < -0.39 is 0 Å². The molecule has 1 atom stereocenters. The number of rotatable bonds is 6. The minimum Gasteiger partial charge on any atom is -0.466 e. The molecule has 1 rings (SSSR count). The summed E-state index contributed by atoms with van der Waals surface area (Å²) in [6, 6.07) is 0. The Labute approximate surface area is 111 Å². The van der Waals surface area contributed by atoms with E-state index >= 15 is 0 Å². The van der Waals surface area contributed by atoms with Gasteiger partial charge in [-0.15, -0.1) is 23.5 Å². The smallest absolute Gasteiger partial charge is 0.306 e. The summed E-state index contributed by atoms with van der Waals surface area (Å²) in [7, 11) is 0. The van der Waals surface area contributed by atoms with Crippen LogP contribution in [0.25, 0.3) is 0 Å². The molecule has 3 nitrogen and oxygen atoms in total. The zero-order valence-electron chi connectivity index (χ0n) is 10.4. The molecule has 0 aromatic heterocycles. The van der Waals surface area contributed by atoms with Crippen molar-refractivity contribution in [3.05, 3.63) is 0 Å². The largest absolute Gasteiger partial charge is 0.466 e. The molecule has 0 N–H and O–H groups in total. The number of esters is 1. The van der Waals surface area contributed by atoms with Gasteiger partial charge in [0.05, 0.1) is 17.6 Å². The summed E-state index contributed by atoms with van der Waals surface area (Å²) in [4.78, 5) is 22.8. The second-order valence-corrected chi connectivity index (χ2v) is 6.94. The lowest BCUT2D eigenvalue weighted by atomic mass is 10.0. The van der Waals surface area contributed by atoms with Crippen molar-refractivity contribution in [2.75, 3.05) is 18.1 Å². The number of carbonyl (C=O) groups is 2. The van der Waals surface area contributed by atoms with Crippen LogP contribution in [0.15, 0.2) is 0 Å². The Bertz CT molecular complexity index is 262. The van der Waals surface area contributed by atoms with E-state index in [4.69, 9.17) is 4.74 Å². The predicted molar refractivity (Wildman–Crippen MR) is 73.4 cm³/mol. The van der Waals surface area contributed by atoms with Crippen molar-refractivity contribution in [3.63, 3.8) is 0 Å². The van der Waals surface area contributed by atoms with Gasteiger partial charge in [0.2, 0.25) is 0 Å². The molecule has 0 spiro atoms. The molecule has 1 heterocycles. The normalized spacial score (nSPS) is 18.7. The highest BCUT2D eigenvalue weighted by atomic mass is 32.2. The number of ketones is 1. The topological polar surface area (TPSA) is 43.4 Å². The maximum Gasteiger partial charge on any atom is 0.306 e. The molecule has 1 aliphatic rings. The maximum atomic E-state index is 11.5. The van der Waals surface area contributed by atoms with Crippen molar-refractivity contribution < 1.29 is 14.3 Å². The Morgan fingerprint density at radius 3 is 2.47 bits per heavy atom. The molecule has 0 bridgehead atoms. The molecular weight excluding hydrogens is 256 g/mol. The van der Waals surface area contributed by atoms with Crippen molar-refractivity contribution in [1.82, 2.24) is 0 Å². The number of hydrogen-bond acceptors (Lipinski definition) is 5. The average molecular weight is 276 g/mol. The van der Waals surface area contributed by atoms with E-state index in [0.717, 1.165) is 11.5 Å². The van der Waals surface area contributed by atoms with Crippen LogP contribution in [0, 0.1) is 5.92 Å². The van der Waals surface area contributed by atoms with Gasteiger partial charge in [-0.25, -0.2) is 0 Å². The molecule has 1 unspecified atom stereocenters. The number of Topliss-reactive ketones (excluding diaryl/α,β-unsaturated/α-hetero) is 1. The molecule has 0 saturated carbocycles. The highest BCUT2D eigenvalue weighted by Gasteiger charge is 2.28. The lowest BCUT2D eigenvalue weighted by molar-refractivity contribution is -0.144. The van der Waals surface area contributed by atoms with Crippen molar-refractivity contribution in [2.24, 2.45) is 5.92 Å². The highest BCUT2D eigenvalue weighted by molar-refractivity contribution is 8.17. The highest BCUT2D eigenvalue weighted by Crippen LogP contribution is 2.38. The van der Waals surface area contributed by atoms with Crippen LogP contribution >= 0.6 is 23.5 Å². The lowest BCUT2D eigenvalue weighted by Gasteiger charge is -2.28. The summed E-state index contributed by atoms with van der Waals surface area (Å²) >= 11 is 3.75. The number of hydrogen-bond donors (Lipinski definition) is 0. The summed E-state index contributed by atoms with van der Waals surface area (Å²) in [5, 5.41) is 0. The summed E-state index contributed by atoms with van der Waals surface area (Å²) in [6.45, 7) is 3.81. The van der Waals surface area contributed by atoms with E-state index in [2.05, 4.69) is 0 Å². The van der Waals surface area contributed by atoms with E-state index in [0.29, 0.717) is 24.0 Å². The molecule has 0 aromatic carbocycles. The summed E-state index contributed by atoms with van der Waals surface area (Å²) in [6.07, 6.45) is 2.08. The summed E-state index contributed by atoms with van der Waals surface area (Å²) < 4.78 is 5.35. The van der Waals surface area contributed by atoms with E-state index in [9.17, 15) is 9.59 Å². The molecule has 0 amide bonds. The Hall–Kier alpha value is -0.160. The van der Waals surface area contributed by atoms with Crippen LogP contribution in [0.5, 0.6) is 0 Å². The van der Waals surface area contributed by atoms with E-state index in [-0.39, 0.29) is 17.7 Å². The minimum atomic E-state index is -0.175. The van der Waals surface area contributed by atoms with Crippen LogP contribution < -0.4 is 0 Å². The molecule has 5 heteroatoms. The minimum absolute atomic E-state index is 0.127. The maximum absolute atomic E-state index is 11.5.